The van der Waals surface area contributed by atoms with Gasteiger partial charge in [-0.2, -0.15) is 0 Å². The van der Waals surface area contributed by atoms with Crippen molar-refractivity contribution in [2.24, 2.45) is 0 Å². The molecule has 0 spiro atoms. The van der Waals surface area contributed by atoms with Crippen molar-refractivity contribution < 1.29 is 10.2 Å². The topological polar surface area (TPSA) is 40.5 Å². The fourth-order valence-electron chi connectivity index (χ4n) is 1.66. The molecule has 0 amide bonds. The Balaban J connectivity index is 2.84. The van der Waals surface area contributed by atoms with E-state index >= 15 is 0 Å². The Morgan fingerprint density at radius 3 is 2.72 bits per heavy atom. The highest BCUT2D eigenvalue weighted by atomic mass is 16.3. The number of hydrogen-bond donors (Lipinski definition) is 2. The quantitative estimate of drug-likeness (QED) is 0.558. The third-order valence-electron chi connectivity index (χ3n) is 2.69. The first-order valence-corrected chi connectivity index (χ1v) is 6.08. The van der Waals surface area contributed by atoms with Crippen molar-refractivity contribution in [3.63, 3.8) is 0 Å². The van der Waals surface area contributed by atoms with Crippen LogP contribution >= 0.6 is 0 Å². The van der Waals surface area contributed by atoms with Gasteiger partial charge < -0.3 is 10.2 Å². The highest BCUT2D eigenvalue weighted by Crippen LogP contribution is 2.22. The Labute approximate surface area is 109 Å². The van der Waals surface area contributed by atoms with Gasteiger partial charge in [0.15, 0.2) is 0 Å². The molecule has 0 aliphatic heterocycles. The van der Waals surface area contributed by atoms with Gasteiger partial charge in [-0.25, -0.2) is 0 Å². The second-order valence-corrected chi connectivity index (χ2v) is 4.12. The third kappa shape index (κ3) is 4.22. The van der Waals surface area contributed by atoms with Gasteiger partial charge in [0.2, 0.25) is 0 Å². The minimum atomic E-state index is -0.518. The molecule has 1 aromatic rings. The number of rotatable bonds is 7. The maximum absolute atomic E-state index is 9.97. The fraction of sp³-hybridized carbons (Fsp3) is 0.250. The van der Waals surface area contributed by atoms with Gasteiger partial charge >= 0.3 is 0 Å². The predicted molar refractivity (Wildman–Crippen MR) is 76.3 cm³/mol. The van der Waals surface area contributed by atoms with E-state index in [9.17, 15) is 10.2 Å². The Hall–Kier alpha value is -1.80. The molecule has 0 bridgehead atoms. The van der Waals surface area contributed by atoms with Gasteiger partial charge in [0.1, 0.15) is 5.76 Å². The van der Waals surface area contributed by atoms with E-state index in [0.717, 1.165) is 12.0 Å². The Morgan fingerprint density at radius 2 is 2.06 bits per heavy atom. The van der Waals surface area contributed by atoms with Gasteiger partial charge in [0.05, 0.1) is 6.10 Å². The van der Waals surface area contributed by atoms with E-state index in [1.54, 1.807) is 18.2 Å². The van der Waals surface area contributed by atoms with Gasteiger partial charge in [-0.15, -0.1) is 13.2 Å². The molecule has 0 fully saturated rings. The molecule has 1 unspecified atom stereocenters. The summed E-state index contributed by atoms with van der Waals surface area (Å²) >= 11 is 0. The summed E-state index contributed by atoms with van der Waals surface area (Å²) in [5, 5.41) is 19.8. The fourth-order valence-corrected chi connectivity index (χ4v) is 1.66. The normalized spacial score (nSPS) is 13.1. The lowest BCUT2D eigenvalue weighted by Gasteiger charge is -2.11. The van der Waals surface area contributed by atoms with Gasteiger partial charge in [0.25, 0.3) is 0 Å². The van der Waals surface area contributed by atoms with E-state index in [-0.39, 0.29) is 5.76 Å². The molecule has 0 aliphatic carbocycles. The summed E-state index contributed by atoms with van der Waals surface area (Å²) in [4.78, 5) is 0. The minimum absolute atomic E-state index is 0.215. The number of aliphatic hydroxyl groups is 2. The van der Waals surface area contributed by atoms with Crippen LogP contribution in [0, 0.1) is 0 Å². The molecule has 1 rings (SSSR count). The van der Waals surface area contributed by atoms with Crippen LogP contribution in [0.1, 0.15) is 36.5 Å². The lowest BCUT2D eigenvalue weighted by molar-refractivity contribution is 0.168. The summed E-state index contributed by atoms with van der Waals surface area (Å²) in [7, 11) is 0. The highest BCUT2D eigenvalue weighted by molar-refractivity contribution is 5.59. The van der Waals surface area contributed by atoms with Crippen molar-refractivity contribution in [1.29, 1.82) is 0 Å². The second kappa shape index (κ2) is 7.51. The lowest BCUT2D eigenvalue weighted by Crippen LogP contribution is -1.97. The van der Waals surface area contributed by atoms with Crippen LogP contribution in [0.4, 0.5) is 0 Å². The Bertz CT molecular complexity index is 432. The highest BCUT2D eigenvalue weighted by Gasteiger charge is 2.08. The molecule has 0 saturated carbocycles. The van der Waals surface area contributed by atoms with Crippen LogP contribution in [0.5, 0.6) is 0 Å². The molecule has 1 aromatic carbocycles. The van der Waals surface area contributed by atoms with Crippen LogP contribution < -0.4 is 0 Å². The maximum Gasteiger partial charge on any atom is 0.119 e. The summed E-state index contributed by atoms with van der Waals surface area (Å²) in [5.74, 6) is 0.215. The van der Waals surface area contributed by atoms with Crippen molar-refractivity contribution in [2.45, 2.75) is 25.4 Å². The number of aliphatic hydroxyl groups excluding tert-OH is 2. The molecule has 0 aliphatic rings. The minimum Gasteiger partial charge on any atom is -0.508 e. The van der Waals surface area contributed by atoms with E-state index in [1.807, 2.05) is 24.3 Å². The Kier molecular flexibility index (Phi) is 5.95. The first-order valence-electron chi connectivity index (χ1n) is 6.08. The van der Waals surface area contributed by atoms with E-state index < -0.39 is 6.10 Å². The third-order valence-corrected chi connectivity index (χ3v) is 2.69. The smallest absolute Gasteiger partial charge is 0.119 e. The standard InChI is InChI=1S/C16H20O2/c1-3-5-10-15(17)13-8-7-9-14(12-13)16(18)11-6-4-2/h3-4,7-10,12,16-18H,1-2,5-6,11H2. The average Bonchev–Trinajstić information content (AvgIpc) is 2.42. The molecule has 2 nitrogen and oxygen atoms in total. The lowest BCUT2D eigenvalue weighted by atomic mass is 10.0. The molecule has 0 radical (unpaired) electrons. The number of benzene rings is 1. The van der Waals surface area contributed by atoms with Crippen LogP contribution in [0.3, 0.4) is 0 Å². The number of hydrogen-bond acceptors (Lipinski definition) is 2. The average molecular weight is 244 g/mol. The second-order valence-electron chi connectivity index (χ2n) is 4.12. The van der Waals surface area contributed by atoms with Gasteiger partial charge in [-0.3, -0.25) is 0 Å². The molecule has 0 heterocycles. The molecule has 0 saturated heterocycles. The first kappa shape index (κ1) is 14.3. The molecule has 2 N–H and O–H groups in total. The molecule has 1 atom stereocenters. The van der Waals surface area contributed by atoms with Crippen molar-refractivity contribution in [3.8, 4) is 0 Å². The van der Waals surface area contributed by atoms with Crippen LogP contribution in [0.25, 0.3) is 5.76 Å². The monoisotopic (exact) mass is 244 g/mol. The van der Waals surface area contributed by atoms with Crippen molar-refractivity contribution >= 4 is 5.76 Å². The molecule has 0 aromatic heterocycles. The molecular weight excluding hydrogens is 224 g/mol. The largest absolute Gasteiger partial charge is 0.508 e. The van der Waals surface area contributed by atoms with E-state index in [2.05, 4.69) is 13.2 Å². The van der Waals surface area contributed by atoms with Gasteiger partial charge in [-0.05, 0) is 37.0 Å². The maximum atomic E-state index is 9.97. The van der Waals surface area contributed by atoms with Gasteiger partial charge in [0, 0.05) is 5.56 Å². The molecule has 18 heavy (non-hydrogen) atoms. The van der Waals surface area contributed by atoms with E-state index in [0.29, 0.717) is 18.4 Å². The first-order chi connectivity index (χ1) is 8.69. The molecular formula is C16H20O2. The zero-order valence-electron chi connectivity index (χ0n) is 10.5. The SMILES string of the molecule is C=CCC=C(O)c1cccc(C(O)CCC=C)c1. The van der Waals surface area contributed by atoms with Crippen molar-refractivity contribution in [3.05, 3.63) is 66.8 Å². The summed E-state index contributed by atoms with van der Waals surface area (Å²) in [5.41, 5.74) is 1.53. The van der Waals surface area contributed by atoms with Crippen LogP contribution in [0.15, 0.2) is 55.7 Å². The molecule has 2 heteroatoms. The zero-order chi connectivity index (χ0) is 13.4. The van der Waals surface area contributed by atoms with Crippen molar-refractivity contribution in [2.75, 3.05) is 0 Å². The van der Waals surface area contributed by atoms with Crippen molar-refractivity contribution in [1.82, 2.24) is 0 Å². The summed E-state index contributed by atoms with van der Waals surface area (Å²) in [6, 6.07) is 7.32. The van der Waals surface area contributed by atoms with E-state index in [4.69, 9.17) is 0 Å². The number of allylic oxidation sites excluding steroid dienone is 3. The molecule has 96 valence electrons. The summed E-state index contributed by atoms with van der Waals surface area (Å²) in [6.45, 7) is 7.24. The van der Waals surface area contributed by atoms with E-state index in [1.165, 1.54) is 0 Å². The summed E-state index contributed by atoms with van der Waals surface area (Å²) < 4.78 is 0. The summed E-state index contributed by atoms with van der Waals surface area (Å²) in [6.07, 6.45) is 6.72. The van der Waals surface area contributed by atoms with Crippen LogP contribution in [-0.4, -0.2) is 10.2 Å². The van der Waals surface area contributed by atoms with Crippen LogP contribution in [0.2, 0.25) is 0 Å². The predicted octanol–water partition coefficient (Wildman–Crippen LogP) is 4.16. The zero-order valence-corrected chi connectivity index (χ0v) is 10.5. The Morgan fingerprint density at radius 1 is 1.28 bits per heavy atom. The van der Waals surface area contributed by atoms with Gasteiger partial charge in [-0.1, -0.05) is 30.4 Å². The van der Waals surface area contributed by atoms with Crippen LogP contribution in [-0.2, 0) is 0 Å².